The van der Waals surface area contributed by atoms with Crippen LogP contribution in [0.15, 0.2) is 18.2 Å². The van der Waals surface area contributed by atoms with E-state index in [0.29, 0.717) is 24.5 Å². The lowest BCUT2D eigenvalue weighted by molar-refractivity contribution is 0.462. The third kappa shape index (κ3) is 1.73. The van der Waals surface area contributed by atoms with Crippen LogP contribution in [0.1, 0.15) is 18.0 Å². The van der Waals surface area contributed by atoms with Crippen molar-refractivity contribution < 1.29 is 8.78 Å². The molecule has 2 aromatic rings. The van der Waals surface area contributed by atoms with Gasteiger partial charge in [0.25, 0.3) is 0 Å². The number of anilines is 1. The number of tetrazole rings is 1. The Morgan fingerprint density at radius 2 is 2.00 bits per heavy atom. The van der Waals surface area contributed by atoms with Crippen molar-refractivity contribution in [1.29, 1.82) is 0 Å². The number of halogens is 2. The summed E-state index contributed by atoms with van der Waals surface area (Å²) in [5.74, 6) is -0.660. The van der Waals surface area contributed by atoms with Crippen LogP contribution in [0.4, 0.5) is 14.7 Å². The smallest absolute Gasteiger partial charge is 0.243 e. The molecule has 0 fully saturated rings. The number of hydrogen-bond acceptors (Lipinski definition) is 4. The van der Waals surface area contributed by atoms with E-state index >= 15 is 0 Å². The summed E-state index contributed by atoms with van der Waals surface area (Å²) in [6, 6.07) is 3.24. The van der Waals surface area contributed by atoms with Gasteiger partial charge in [0.15, 0.2) is 0 Å². The molecular weight excluding hydrogens is 228 g/mol. The lowest BCUT2D eigenvalue weighted by Gasteiger charge is -2.23. The zero-order valence-corrected chi connectivity index (χ0v) is 8.77. The monoisotopic (exact) mass is 237 g/mol. The largest absolute Gasteiger partial charge is 0.353 e. The van der Waals surface area contributed by atoms with Crippen LogP contribution >= 0.6 is 0 Å². The third-order valence-electron chi connectivity index (χ3n) is 2.76. The molecule has 0 saturated heterocycles. The molecule has 5 nitrogen and oxygen atoms in total. The number of fused-ring (bicyclic) bond motifs is 1. The summed E-state index contributed by atoms with van der Waals surface area (Å²) in [5, 5.41) is 14.2. The normalized spacial score (nSPS) is 18.6. The van der Waals surface area contributed by atoms with Gasteiger partial charge in [0.1, 0.15) is 11.6 Å². The second kappa shape index (κ2) is 3.76. The number of nitrogens with one attached hydrogen (secondary N) is 1. The molecule has 0 aliphatic carbocycles. The highest BCUT2D eigenvalue weighted by atomic mass is 19.1. The third-order valence-corrected chi connectivity index (χ3v) is 2.76. The first kappa shape index (κ1) is 10.1. The summed E-state index contributed by atoms with van der Waals surface area (Å²) in [5.41, 5.74) is 0.539. The van der Waals surface area contributed by atoms with Gasteiger partial charge in [-0.3, -0.25) is 0 Å². The number of nitrogens with zero attached hydrogens (tertiary/aromatic N) is 4. The van der Waals surface area contributed by atoms with Gasteiger partial charge in [0.05, 0.1) is 6.04 Å². The molecule has 1 aromatic heterocycles. The molecule has 3 rings (SSSR count). The first-order valence-electron chi connectivity index (χ1n) is 5.22. The van der Waals surface area contributed by atoms with Gasteiger partial charge >= 0.3 is 0 Å². The zero-order chi connectivity index (χ0) is 11.8. The van der Waals surface area contributed by atoms with E-state index in [1.54, 1.807) is 0 Å². The molecule has 0 bridgehead atoms. The summed E-state index contributed by atoms with van der Waals surface area (Å²) in [6.07, 6.45) is 0.681. The molecule has 1 aliphatic rings. The predicted molar refractivity (Wildman–Crippen MR) is 55.4 cm³/mol. The minimum Gasteiger partial charge on any atom is -0.353 e. The fraction of sp³-hybridized carbons (Fsp3) is 0.300. The Morgan fingerprint density at radius 1 is 1.24 bits per heavy atom. The standard InChI is InChI=1S/C10H9F2N5/c11-7-3-6(4-8(12)5-7)9-1-2-13-10-14-15-16-17(9)10/h3-5,9H,1-2H2,(H,13,14,16). The molecule has 1 aromatic carbocycles. The van der Waals surface area contributed by atoms with Crippen molar-refractivity contribution in [2.45, 2.75) is 12.5 Å². The van der Waals surface area contributed by atoms with E-state index in [0.717, 1.165) is 6.07 Å². The van der Waals surface area contributed by atoms with Gasteiger partial charge in [0, 0.05) is 12.6 Å². The highest BCUT2D eigenvalue weighted by Crippen LogP contribution is 2.27. The number of benzene rings is 1. The molecule has 7 heteroatoms. The van der Waals surface area contributed by atoms with Gasteiger partial charge in [-0.25, -0.2) is 13.5 Å². The van der Waals surface area contributed by atoms with Crippen LogP contribution in [0.3, 0.4) is 0 Å². The van der Waals surface area contributed by atoms with E-state index in [9.17, 15) is 8.78 Å². The van der Waals surface area contributed by atoms with Crippen molar-refractivity contribution in [3.63, 3.8) is 0 Å². The SMILES string of the molecule is Fc1cc(F)cc(C2CCNc3nnnn32)c1. The van der Waals surface area contributed by atoms with Gasteiger partial charge in [-0.1, -0.05) is 5.10 Å². The summed E-state index contributed by atoms with van der Waals surface area (Å²) in [4.78, 5) is 0. The highest BCUT2D eigenvalue weighted by molar-refractivity contribution is 5.31. The molecule has 1 unspecified atom stereocenters. The van der Waals surface area contributed by atoms with Gasteiger partial charge < -0.3 is 5.32 Å². The minimum absolute atomic E-state index is 0.230. The Kier molecular flexibility index (Phi) is 2.24. The van der Waals surface area contributed by atoms with Crippen molar-refractivity contribution in [2.24, 2.45) is 0 Å². The molecule has 88 valence electrons. The van der Waals surface area contributed by atoms with Crippen molar-refractivity contribution >= 4 is 5.95 Å². The van der Waals surface area contributed by atoms with Gasteiger partial charge in [-0.15, -0.1) is 0 Å². The summed E-state index contributed by atoms with van der Waals surface area (Å²) in [7, 11) is 0. The van der Waals surface area contributed by atoms with E-state index in [1.807, 2.05) is 0 Å². The Hall–Kier alpha value is -2.05. The van der Waals surface area contributed by atoms with Crippen molar-refractivity contribution in [2.75, 3.05) is 11.9 Å². The van der Waals surface area contributed by atoms with Crippen molar-refractivity contribution in [3.8, 4) is 0 Å². The van der Waals surface area contributed by atoms with Crippen LogP contribution < -0.4 is 5.32 Å². The molecule has 1 aliphatic heterocycles. The maximum atomic E-state index is 13.2. The topological polar surface area (TPSA) is 55.6 Å². The fourth-order valence-electron chi connectivity index (χ4n) is 2.04. The van der Waals surface area contributed by atoms with Gasteiger partial charge in [-0.05, 0) is 34.5 Å². The second-order valence-corrected chi connectivity index (χ2v) is 3.88. The number of aromatic nitrogens is 4. The number of hydrogen-bond donors (Lipinski definition) is 1. The fourth-order valence-corrected chi connectivity index (χ4v) is 2.04. The van der Waals surface area contributed by atoms with Crippen molar-refractivity contribution in [1.82, 2.24) is 20.2 Å². The summed E-state index contributed by atoms with van der Waals surface area (Å²) < 4.78 is 27.9. The van der Waals surface area contributed by atoms with E-state index in [-0.39, 0.29) is 6.04 Å². The van der Waals surface area contributed by atoms with E-state index < -0.39 is 11.6 Å². The zero-order valence-electron chi connectivity index (χ0n) is 8.77. The predicted octanol–water partition coefficient (Wildman–Crippen LogP) is 1.36. The minimum atomic E-state index is -0.590. The van der Waals surface area contributed by atoms with Crippen LogP contribution in [0.25, 0.3) is 0 Å². The van der Waals surface area contributed by atoms with Crippen LogP contribution in [-0.2, 0) is 0 Å². The Bertz CT molecular complexity index is 533. The van der Waals surface area contributed by atoms with Crippen molar-refractivity contribution in [3.05, 3.63) is 35.4 Å². The average molecular weight is 237 g/mol. The van der Waals surface area contributed by atoms with Crippen LogP contribution in [-0.4, -0.2) is 26.8 Å². The van der Waals surface area contributed by atoms with Crippen LogP contribution in [0, 0.1) is 11.6 Å². The molecule has 0 radical (unpaired) electrons. The van der Waals surface area contributed by atoms with E-state index in [1.165, 1.54) is 16.8 Å². The molecule has 2 heterocycles. The quantitative estimate of drug-likeness (QED) is 0.813. The van der Waals surface area contributed by atoms with E-state index in [2.05, 4.69) is 20.8 Å². The lowest BCUT2D eigenvalue weighted by atomic mass is 10.0. The molecular formula is C10H9F2N5. The Morgan fingerprint density at radius 3 is 2.76 bits per heavy atom. The molecule has 0 saturated carbocycles. The van der Waals surface area contributed by atoms with E-state index in [4.69, 9.17) is 0 Å². The average Bonchev–Trinajstić information content (AvgIpc) is 2.75. The van der Waals surface area contributed by atoms with Gasteiger partial charge in [0.2, 0.25) is 5.95 Å². The summed E-state index contributed by atoms with van der Waals surface area (Å²) in [6.45, 7) is 0.670. The molecule has 0 spiro atoms. The maximum absolute atomic E-state index is 13.2. The highest BCUT2D eigenvalue weighted by Gasteiger charge is 2.24. The maximum Gasteiger partial charge on any atom is 0.243 e. The Balaban J connectivity index is 2.06. The molecule has 17 heavy (non-hydrogen) atoms. The molecule has 0 amide bonds. The number of rotatable bonds is 1. The summed E-state index contributed by atoms with van der Waals surface area (Å²) >= 11 is 0. The molecule has 1 N–H and O–H groups in total. The first-order valence-corrected chi connectivity index (χ1v) is 5.22. The van der Waals surface area contributed by atoms with Crippen LogP contribution in [0.2, 0.25) is 0 Å². The first-order chi connectivity index (χ1) is 8.24. The molecule has 1 atom stereocenters. The second-order valence-electron chi connectivity index (χ2n) is 3.88. The van der Waals surface area contributed by atoms with Gasteiger partial charge in [-0.2, -0.15) is 0 Å². The Labute approximate surface area is 95.4 Å². The van der Waals surface area contributed by atoms with Crippen LogP contribution in [0.5, 0.6) is 0 Å². The lowest BCUT2D eigenvalue weighted by Crippen LogP contribution is -2.25.